The first-order valence-electron chi connectivity index (χ1n) is 5.58. The highest BCUT2D eigenvalue weighted by Crippen LogP contribution is 2.21. The van der Waals surface area contributed by atoms with E-state index in [1.165, 1.54) is 0 Å². The molecule has 1 N–H and O–H groups in total. The fraction of sp³-hybridized carbons (Fsp3) is 0.133. The minimum Gasteiger partial charge on any atom is -0.366 e. The van der Waals surface area contributed by atoms with Gasteiger partial charge < -0.3 is 5.32 Å². The van der Waals surface area contributed by atoms with Crippen LogP contribution in [0.15, 0.2) is 54.6 Å². The molecule has 2 aromatic rings. The molecule has 1 atom stereocenters. The van der Waals surface area contributed by atoms with Gasteiger partial charge in [0.1, 0.15) is 6.04 Å². The lowest BCUT2D eigenvalue weighted by Crippen LogP contribution is -2.09. The Balaban J connectivity index is 2.25. The van der Waals surface area contributed by atoms with Crippen LogP contribution in [0.3, 0.4) is 0 Å². The van der Waals surface area contributed by atoms with E-state index >= 15 is 0 Å². The number of nitriles is 1. The molecule has 0 saturated heterocycles. The van der Waals surface area contributed by atoms with E-state index in [1.54, 1.807) is 0 Å². The van der Waals surface area contributed by atoms with Crippen LogP contribution in [0.5, 0.6) is 0 Å². The average Bonchev–Trinajstić information content (AvgIpc) is 2.38. The summed E-state index contributed by atoms with van der Waals surface area (Å²) in [6.45, 7) is 2.02. The maximum atomic E-state index is 9.25. The molecule has 0 saturated carbocycles. The summed E-state index contributed by atoms with van der Waals surface area (Å²) in [6, 6.07) is 19.7. The molecule has 0 spiro atoms. The van der Waals surface area contributed by atoms with E-state index in [9.17, 15) is 5.26 Å². The van der Waals surface area contributed by atoms with Crippen molar-refractivity contribution in [2.45, 2.75) is 13.0 Å². The molecule has 84 valence electrons. The monoisotopic (exact) mass is 222 g/mol. The van der Waals surface area contributed by atoms with Crippen LogP contribution < -0.4 is 5.32 Å². The van der Waals surface area contributed by atoms with E-state index in [2.05, 4.69) is 11.4 Å². The molecule has 2 heteroatoms. The molecule has 0 fully saturated rings. The number of nitrogens with zero attached hydrogens (tertiary/aromatic N) is 1. The van der Waals surface area contributed by atoms with Gasteiger partial charge in [-0.15, -0.1) is 0 Å². The van der Waals surface area contributed by atoms with Crippen molar-refractivity contribution < 1.29 is 0 Å². The molecule has 1 unspecified atom stereocenters. The van der Waals surface area contributed by atoms with Crippen molar-refractivity contribution in [3.63, 3.8) is 0 Å². The average molecular weight is 222 g/mol. The van der Waals surface area contributed by atoms with Crippen LogP contribution in [0.2, 0.25) is 0 Å². The van der Waals surface area contributed by atoms with Crippen LogP contribution in [-0.4, -0.2) is 0 Å². The zero-order chi connectivity index (χ0) is 12.1. The summed E-state index contributed by atoms with van der Waals surface area (Å²) in [5.74, 6) is 0. The summed E-state index contributed by atoms with van der Waals surface area (Å²) in [6.07, 6.45) is 0. The number of para-hydroxylation sites is 1. The first-order valence-corrected chi connectivity index (χ1v) is 5.58. The maximum Gasteiger partial charge on any atom is 0.140 e. The Hall–Kier alpha value is -2.27. The molecule has 0 radical (unpaired) electrons. The molecule has 2 nitrogen and oxygen atoms in total. The largest absolute Gasteiger partial charge is 0.366 e. The van der Waals surface area contributed by atoms with Crippen molar-refractivity contribution in [1.29, 1.82) is 5.26 Å². The Bertz CT molecular complexity index is 526. The second-order valence-corrected chi connectivity index (χ2v) is 3.93. The van der Waals surface area contributed by atoms with Crippen LogP contribution in [0, 0.1) is 18.3 Å². The Labute approximate surface area is 102 Å². The lowest BCUT2D eigenvalue weighted by molar-refractivity contribution is 0.982. The van der Waals surface area contributed by atoms with Gasteiger partial charge >= 0.3 is 0 Å². The molecule has 0 aliphatic rings. The van der Waals surface area contributed by atoms with Crippen molar-refractivity contribution in [2.75, 3.05) is 5.32 Å². The molecule has 0 aliphatic heterocycles. The van der Waals surface area contributed by atoms with Gasteiger partial charge in [-0.3, -0.25) is 0 Å². The highest BCUT2D eigenvalue weighted by Gasteiger charge is 2.11. The van der Waals surface area contributed by atoms with Gasteiger partial charge in [0.25, 0.3) is 0 Å². The number of hydrogen-bond acceptors (Lipinski definition) is 2. The van der Waals surface area contributed by atoms with Gasteiger partial charge in [-0.2, -0.15) is 5.26 Å². The lowest BCUT2D eigenvalue weighted by atomic mass is 10.0. The zero-order valence-corrected chi connectivity index (χ0v) is 9.72. The van der Waals surface area contributed by atoms with Gasteiger partial charge in [-0.05, 0) is 30.2 Å². The smallest absolute Gasteiger partial charge is 0.140 e. The molecule has 0 aromatic heterocycles. The summed E-state index contributed by atoms with van der Waals surface area (Å²) in [4.78, 5) is 0. The highest BCUT2D eigenvalue weighted by molar-refractivity contribution is 5.48. The molecule has 0 bridgehead atoms. The van der Waals surface area contributed by atoms with Crippen LogP contribution in [-0.2, 0) is 0 Å². The topological polar surface area (TPSA) is 35.8 Å². The highest BCUT2D eigenvalue weighted by atomic mass is 14.9. The van der Waals surface area contributed by atoms with E-state index in [0.29, 0.717) is 0 Å². The minimum absolute atomic E-state index is 0.307. The number of hydrogen-bond donors (Lipinski definition) is 1. The summed E-state index contributed by atoms with van der Waals surface area (Å²) in [5.41, 5.74) is 3.11. The molecule has 2 rings (SSSR count). The zero-order valence-electron chi connectivity index (χ0n) is 9.72. The molecule has 0 amide bonds. The third-order valence-electron chi connectivity index (χ3n) is 2.71. The molecular formula is C15H14N2. The third kappa shape index (κ3) is 2.64. The quantitative estimate of drug-likeness (QED) is 0.860. The molecular weight excluding hydrogens is 208 g/mol. The Kier molecular flexibility index (Phi) is 3.42. The van der Waals surface area contributed by atoms with Gasteiger partial charge in [0, 0.05) is 5.69 Å². The van der Waals surface area contributed by atoms with Crippen molar-refractivity contribution in [3.8, 4) is 6.07 Å². The predicted octanol–water partition coefficient (Wildman–Crippen LogP) is 3.67. The van der Waals surface area contributed by atoms with Gasteiger partial charge in [0.05, 0.1) is 6.07 Å². The Morgan fingerprint density at radius 2 is 1.65 bits per heavy atom. The predicted molar refractivity (Wildman–Crippen MR) is 69.6 cm³/mol. The van der Waals surface area contributed by atoms with Crippen molar-refractivity contribution in [2.24, 2.45) is 0 Å². The van der Waals surface area contributed by atoms with Crippen LogP contribution in [0.4, 0.5) is 5.69 Å². The van der Waals surface area contributed by atoms with Crippen molar-refractivity contribution in [3.05, 3.63) is 65.7 Å². The standard InChI is InChI=1S/C15H14N2/c1-12-7-5-6-10-14(12)15(11-16)17-13-8-3-2-4-9-13/h2-10,15,17H,1H3. The van der Waals surface area contributed by atoms with Gasteiger partial charge in [0.2, 0.25) is 0 Å². The number of aryl methyl sites for hydroxylation is 1. The molecule has 0 aliphatic carbocycles. The second kappa shape index (κ2) is 5.18. The van der Waals surface area contributed by atoms with Crippen LogP contribution >= 0.6 is 0 Å². The Morgan fingerprint density at radius 3 is 2.29 bits per heavy atom. The van der Waals surface area contributed by atoms with Crippen LogP contribution in [0.1, 0.15) is 17.2 Å². The lowest BCUT2D eigenvalue weighted by Gasteiger charge is -2.15. The van der Waals surface area contributed by atoms with E-state index in [-0.39, 0.29) is 6.04 Å². The molecule has 17 heavy (non-hydrogen) atoms. The van der Waals surface area contributed by atoms with Gasteiger partial charge in [-0.25, -0.2) is 0 Å². The number of benzene rings is 2. The third-order valence-corrected chi connectivity index (χ3v) is 2.71. The maximum absolute atomic E-state index is 9.25. The van der Waals surface area contributed by atoms with Crippen LogP contribution in [0.25, 0.3) is 0 Å². The number of nitrogens with one attached hydrogen (secondary N) is 1. The molecule has 0 heterocycles. The summed E-state index contributed by atoms with van der Waals surface area (Å²) in [7, 11) is 0. The minimum atomic E-state index is -0.307. The van der Waals surface area contributed by atoms with E-state index in [0.717, 1.165) is 16.8 Å². The van der Waals surface area contributed by atoms with Gasteiger partial charge in [-0.1, -0.05) is 42.5 Å². The van der Waals surface area contributed by atoms with E-state index in [1.807, 2.05) is 61.5 Å². The fourth-order valence-corrected chi connectivity index (χ4v) is 1.79. The van der Waals surface area contributed by atoms with E-state index in [4.69, 9.17) is 0 Å². The second-order valence-electron chi connectivity index (χ2n) is 3.93. The summed E-state index contributed by atoms with van der Waals surface area (Å²) >= 11 is 0. The SMILES string of the molecule is Cc1ccccc1C(C#N)Nc1ccccc1. The fourth-order valence-electron chi connectivity index (χ4n) is 1.79. The normalized spacial score (nSPS) is 11.5. The molecule has 2 aromatic carbocycles. The first-order chi connectivity index (χ1) is 8.31. The van der Waals surface area contributed by atoms with E-state index < -0.39 is 0 Å². The van der Waals surface area contributed by atoms with Gasteiger partial charge in [0.15, 0.2) is 0 Å². The van der Waals surface area contributed by atoms with Crippen molar-refractivity contribution in [1.82, 2.24) is 0 Å². The summed E-state index contributed by atoms with van der Waals surface area (Å²) < 4.78 is 0. The Morgan fingerprint density at radius 1 is 1.00 bits per heavy atom. The summed E-state index contributed by atoms with van der Waals surface area (Å²) in [5, 5.41) is 12.5. The van der Waals surface area contributed by atoms with Crippen molar-refractivity contribution >= 4 is 5.69 Å². The number of anilines is 1. The first kappa shape index (κ1) is 11.2. The number of rotatable bonds is 3.